The summed E-state index contributed by atoms with van der Waals surface area (Å²) in [4.78, 5) is 50.5. The van der Waals surface area contributed by atoms with Crippen molar-refractivity contribution in [3.63, 3.8) is 0 Å². The van der Waals surface area contributed by atoms with Crippen molar-refractivity contribution in [2.24, 2.45) is 5.73 Å². The van der Waals surface area contributed by atoms with Gasteiger partial charge >= 0.3 is 5.97 Å². The predicted molar refractivity (Wildman–Crippen MR) is 141 cm³/mol. The van der Waals surface area contributed by atoms with Gasteiger partial charge in [0.2, 0.25) is 6.41 Å². The second-order valence-corrected chi connectivity index (χ2v) is 8.46. The number of halogens is 1. The maximum absolute atomic E-state index is 14.3. The van der Waals surface area contributed by atoms with Gasteiger partial charge in [-0.3, -0.25) is 24.6 Å². The molecular formula is C26H32FN5O7. The summed E-state index contributed by atoms with van der Waals surface area (Å²) in [6.45, 7) is 2.71. The summed E-state index contributed by atoms with van der Waals surface area (Å²) in [6, 6.07) is 9.48. The van der Waals surface area contributed by atoms with Crippen LogP contribution in [0.3, 0.4) is 0 Å². The molecule has 0 bridgehead atoms. The molecule has 0 saturated heterocycles. The average Bonchev–Trinajstić information content (AvgIpc) is 2.90. The number of likely N-dealkylation sites (N-methyl/N-ethyl adjacent to an activating group) is 1. The number of anilines is 2. The number of esters is 1. The van der Waals surface area contributed by atoms with E-state index in [4.69, 9.17) is 20.6 Å². The van der Waals surface area contributed by atoms with Crippen LogP contribution in [0.2, 0.25) is 0 Å². The van der Waals surface area contributed by atoms with Gasteiger partial charge in [0, 0.05) is 36.1 Å². The van der Waals surface area contributed by atoms with Gasteiger partial charge in [-0.15, -0.1) is 0 Å². The molecule has 3 amide bonds. The molecule has 0 unspecified atom stereocenters. The number of carbonyl (C=O) groups is 4. The molecular weight excluding hydrogens is 513 g/mol. The predicted octanol–water partition coefficient (Wildman–Crippen LogP) is 1.11. The molecule has 0 saturated carbocycles. The van der Waals surface area contributed by atoms with Crippen molar-refractivity contribution < 1.29 is 38.1 Å². The maximum atomic E-state index is 14.3. The summed E-state index contributed by atoms with van der Waals surface area (Å²) in [6.07, 6.45) is -2.08. The van der Waals surface area contributed by atoms with Crippen LogP contribution in [0.1, 0.15) is 29.8 Å². The molecule has 2 rings (SSSR count). The third-order valence-electron chi connectivity index (χ3n) is 5.50. The van der Waals surface area contributed by atoms with Crippen LogP contribution in [0.25, 0.3) is 0 Å². The molecule has 0 aromatic heterocycles. The largest absolute Gasteiger partial charge is 0.465 e. The van der Waals surface area contributed by atoms with Gasteiger partial charge < -0.3 is 35.4 Å². The number of amides is 3. The Balaban J connectivity index is 1.96. The number of benzene rings is 2. The van der Waals surface area contributed by atoms with Crippen LogP contribution in [-0.2, 0) is 23.9 Å². The molecule has 39 heavy (non-hydrogen) atoms. The summed E-state index contributed by atoms with van der Waals surface area (Å²) in [5.74, 6) is -2.89. The SMILES string of the molecule is CCOC(=O)CN(C)C(=O)c1cc(F)cc(N(C=O)CCO[C@@H](C)[C@@H](O)C(=O)Nc2ccc(C(=N)N)cc2)c1. The molecule has 0 spiro atoms. The summed E-state index contributed by atoms with van der Waals surface area (Å²) in [5, 5.41) is 20.2. The number of nitrogens with zero attached hydrogens (tertiary/aromatic N) is 2. The number of ether oxygens (including phenoxy) is 2. The minimum atomic E-state index is -1.55. The van der Waals surface area contributed by atoms with Crippen molar-refractivity contribution in [1.29, 1.82) is 5.41 Å². The van der Waals surface area contributed by atoms with E-state index in [1.807, 2.05) is 0 Å². The monoisotopic (exact) mass is 545 g/mol. The Morgan fingerprint density at radius 2 is 1.85 bits per heavy atom. The Labute approximate surface area is 225 Å². The summed E-state index contributed by atoms with van der Waals surface area (Å²) < 4.78 is 24.6. The molecule has 0 aliphatic rings. The third kappa shape index (κ3) is 9.16. The quantitative estimate of drug-likeness (QED) is 0.118. The lowest BCUT2D eigenvalue weighted by molar-refractivity contribution is -0.143. The van der Waals surface area contributed by atoms with Gasteiger partial charge in [0.25, 0.3) is 11.8 Å². The van der Waals surface area contributed by atoms with Crippen LogP contribution in [0.5, 0.6) is 0 Å². The van der Waals surface area contributed by atoms with Crippen molar-refractivity contribution in [3.05, 3.63) is 59.4 Å². The van der Waals surface area contributed by atoms with Crippen LogP contribution in [0.4, 0.5) is 15.8 Å². The molecule has 2 aromatic rings. The molecule has 0 radical (unpaired) electrons. The fourth-order valence-electron chi connectivity index (χ4n) is 3.39. The normalized spacial score (nSPS) is 12.1. The van der Waals surface area contributed by atoms with E-state index in [0.29, 0.717) is 17.7 Å². The van der Waals surface area contributed by atoms with Gasteiger partial charge in [-0.1, -0.05) is 0 Å². The van der Waals surface area contributed by atoms with Crippen LogP contribution in [0, 0.1) is 11.2 Å². The molecule has 2 aromatic carbocycles. The molecule has 0 aliphatic carbocycles. The number of nitrogens with two attached hydrogens (primary N) is 1. The van der Waals surface area contributed by atoms with Crippen molar-refractivity contribution in [2.45, 2.75) is 26.1 Å². The van der Waals surface area contributed by atoms with Gasteiger partial charge in [0.15, 0.2) is 6.10 Å². The number of carbonyl (C=O) groups excluding carboxylic acids is 4. The standard InChI is InChI=1S/C26H32FN5O7/c1-4-38-22(34)14-31(3)26(37)18-11-19(27)13-21(12-18)32(15-33)9-10-39-16(2)23(35)25(36)30-20-7-5-17(6-8-20)24(28)29/h5-8,11-13,15-16,23,35H,4,9-10,14H2,1-3H3,(H3,28,29)(H,30,36)/t16-,23+/m0/s1. The highest BCUT2D eigenvalue weighted by Gasteiger charge is 2.24. The lowest BCUT2D eigenvalue weighted by atomic mass is 10.1. The summed E-state index contributed by atoms with van der Waals surface area (Å²) in [7, 11) is 1.36. The third-order valence-corrected chi connectivity index (χ3v) is 5.50. The van der Waals surface area contributed by atoms with E-state index in [1.165, 1.54) is 32.2 Å². The Hall–Kier alpha value is -4.36. The van der Waals surface area contributed by atoms with E-state index in [9.17, 15) is 28.7 Å². The highest BCUT2D eigenvalue weighted by Crippen LogP contribution is 2.19. The van der Waals surface area contributed by atoms with E-state index in [0.717, 1.165) is 21.9 Å². The van der Waals surface area contributed by atoms with Gasteiger partial charge in [0.05, 0.1) is 19.3 Å². The second-order valence-electron chi connectivity index (χ2n) is 8.46. The van der Waals surface area contributed by atoms with Crippen LogP contribution < -0.4 is 16.0 Å². The summed E-state index contributed by atoms with van der Waals surface area (Å²) >= 11 is 0. The molecule has 0 aliphatic heterocycles. The average molecular weight is 546 g/mol. The molecule has 2 atom stereocenters. The number of amidine groups is 1. The highest BCUT2D eigenvalue weighted by atomic mass is 19.1. The number of rotatable bonds is 14. The number of nitrogen functional groups attached to an aromatic ring is 1. The van der Waals surface area contributed by atoms with E-state index >= 15 is 0 Å². The fourth-order valence-corrected chi connectivity index (χ4v) is 3.39. The lowest BCUT2D eigenvalue weighted by Gasteiger charge is -2.23. The zero-order valence-electron chi connectivity index (χ0n) is 21.8. The zero-order chi connectivity index (χ0) is 29.1. The topological polar surface area (TPSA) is 175 Å². The Morgan fingerprint density at radius 3 is 2.44 bits per heavy atom. The minimum Gasteiger partial charge on any atom is -0.465 e. The van der Waals surface area contributed by atoms with Crippen LogP contribution in [-0.4, -0.2) is 85.6 Å². The lowest BCUT2D eigenvalue weighted by Crippen LogP contribution is -2.39. The van der Waals surface area contributed by atoms with Gasteiger partial charge in [0.1, 0.15) is 18.2 Å². The first-order chi connectivity index (χ1) is 18.5. The smallest absolute Gasteiger partial charge is 0.325 e. The van der Waals surface area contributed by atoms with Crippen molar-refractivity contribution in [3.8, 4) is 0 Å². The number of aliphatic hydroxyl groups is 1. The summed E-state index contributed by atoms with van der Waals surface area (Å²) in [5.41, 5.74) is 6.24. The van der Waals surface area contributed by atoms with Crippen molar-refractivity contribution in [2.75, 3.05) is 43.6 Å². The molecule has 12 nitrogen and oxygen atoms in total. The van der Waals surface area contributed by atoms with Crippen molar-refractivity contribution in [1.82, 2.24) is 4.90 Å². The highest BCUT2D eigenvalue weighted by molar-refractivity contribution is 5.98. The van der Waals surface area contributed by atoms with E-state index < -0.39 is 35.8 Å². The van der Waals surface area contributed by atoms with E-state index in [2.05, 4.69) is 5.32 Å². The number of hydrogen-bond acceptors (Lipinski definition) is 8. The van der Waals surface area contributed by atoms with Gasteiger partial charge in [-0.2, -0.15) is 0 Å². The molecule has 0 fully saturated rings. The second kappa shape index (κ2) is 14.5. The number of nitrogens with one attached hydrogen (secondary N) is 2. The maximum Gasteiger partial charge on any atom is 0.325 e. The molecule has 210 valence electrons. The van der Waals surface area contributed by atoms with Crippen LogP contribution >= 0.6 is 0 Å². The molecule has 5 N–H and O–H groups in total. The van der Waals surface area contributed by atoms with E-state index in [-0.39, 0.29) is 43.4 Å². The van der Waals surface area contributed by atoms with Crippen LogP contribution in [0.15, 0.2) is 42.5 Å². The van der Waals surface area contributed by atoms with Gasteiger partial charge in [-0.25, -0.2) is 4.39 Å². The van der Waals surface area contributed by atoms with Crippen molar-refractivity contribution >= 4 is 41.4 Å². The first-order valence-electron chi connectivity index (χ1n) is 11.9. The Morgan fingerprint density at radius 1 is 1.18 bits per heavy atom. The van der Waals surface area contributed by atoms with Gasteiger partial charge in [-0.05, 0) is 56.3 Å². The molecule has 0 heterocycles. The zero-order valence-corrected chi connectivity index (χ0v) is 21.8. The minimum absolute atomic E-state index is 0.0708. The molecule has 13 heteroatoms. The van der Waals surface area contributed by atoms with E-state index in [1.54, 1.807) is 19.1 Å². The Kier molecular flexibility index (Phi) is 11.5. The number of hydrogen-bond donors (Lipinski definition) is 4. The first kappa shape index (κ1) is 30.9. The number of aliphatic hydroxyl groups excluding tert-OH is 1. The Bertz CT molecular complexity index is 1190. The first-order valence-corrected chi connectivity index (χ1v) is 11.9. The fraction of sp³-hybridized carbons (Fsp3) is 0.346.